The van der Waals surface area contributed by atoms with Crippen molar-refractivity contribution in [3.63, 3.8) is 0 Å². The first-order valence-corrected chi connectivity index (χ1v) is 12.2. The predicted octanol–water partition coefficient (Wildman–Crippen LogP) is 6.07. The number of carbonyl (C=O) groups is 1. The summed E-state index contributed by atoms with van der Waals surface area (Å²) < 4.78 is 6.07. The molecule has 0 spiro atoms. The van der Waals surface area contributed by atoms with E-state index in [1.165, 1.54) is 16.0 Å². The minimum atomic E-state index is -0.404. The first kappa shape index (κ1) is 20.5. The van der Waals surface area contributed by atoms with E-state index in [1.807, 2.05) is 42.5 Å². The lowest BCUT2D eigenvalue weighted by molar-refractivity contribution is 0.0930. The summed E-state index contributed by atoms with van der Waals surface area (Å²) in [6.45, 7) is 2.73. The molecule has 4 aromatic rings. The number of fused-ring (bicyclic) bond motifs is 3. The second-order valence-corrected chi connectivity index (χ2v) is 9.96. The summed E-state index contributed by atoms with van der Waals surface area (Å²) in [5.74, 6) is 1.35. The van der Waals surface area contributed by atoms with E-state index in [9.17, 15) is 4.79 Å². The molecule has 5 nitrogen and oxygen atoms in total. The fourth-order valence-corrected chi connectivity index (χ4v) is 6.10. The number of thiophene rings is 1. The molecular formula is C26H22ClN3O2S. The third-order valence-electron chi connectivity index (χ3n) is 6.18. The van der Waals surface area contributed by atoms with E-state index in [0.29, 0.717) is 10.8 Å². The maximum absolute atomic E-state index is 13.1. The van der Waals surface area contributed by atoms with Crippen molar-refractivity contribution in [2.75, 3.05) is 11.9 Å². The van der Waals surface area contributed by atoms with Crippen molar-refractivity contribution in [3.05, 3.63) is 99.1 Å². The fraction of sp³-hybridized carbons (Fsp3) is 0.192. The van der Waals surface area contributed by atoms with Crippen molar-refractivity contribution in [1.29, 1.82) is 0 Å². The second kappa shape index (κ2) is 8.37. The number of benzene rings is 2. The highest BCUT2D eigenvalue weighted by atomic mass is 35.5. The molecule has 0 fully saturated rings. The number of amides is 1. The molecule has 0 aliphatic carbocycles. The second-order valence-electron chi connectivity index (χ2n) is 8.42. The van der Waals surface area contributed by atoms with Gasteiger partial charge in [0.05, 0.1) is 5.56 Å². The number of anilines is 1. The van der Waals surface area contributed by atoms with Crippen LogP contribution in [-0.2, 0) is 19.5 Å². The lowest BCUT2D eigenvalue weighted by Crippen LogP contribution is -2.38. The summed E-state index contributed by atoms with van der Waals surface area (Å²) in [6, 6.07) is 21.9. The third kappa shape index (κ3) is 3.95. The van der Waals surface area contributed by atoms with Crippen LogP contribution in [0.1, 0.15) is 38.3 Å². The Morgan fingerprint density at radius 3 is 2.79 bits per heavy atom. The Morgan fingerprint density at radius 2 is 1.94 bits per heavy atom. The van der Waals surface area contributed by atoms with Crippen molar-refractivity contribution < 1.29 is 9.21 Å². The van der Waals surface area contributed by atoms with Crippen LogP contribution in [0, 0.1) is 0 Å². The Kier molecular flexibility index (Phi) is 5.21. The van der Waals surface area contributed by atoms with Crippen LogP contribution in [0.3, 0.4) is 0 Å². The van der Waals surface area contributed by atoms with Crippen LogP contribution in [0.25, 0.3) is 11.3 Å². The molecule has 0 saturated carbocycles. The average molecular weight is 476 g/mol. The van der Waals surface area contributed by atoms with E-state index >= 15 is 0 Å². The van der Waals surface area contributed by atoms with Crippen LogP contribution in [0.4, 0.5) is 5.00 Å². The molecule has 2 aliphatic rings. The summed E-state index contributed by atoms with van der Waals surface area (Å²) in [6.07, 6.45) is 0.478. The largest absolute Gasteiger partial charge is 0.457 e. The van der Waals surface area contributed by atoms with Crippen molar-refractivity contribution in [2.45, 2.75) is 25.7 Å². The van der Waals surface area contributed by atoms with Crippen LogP contribution in [0.15, 0.2) is 71.1 Å². The number of carbonyl (C=O) groups excluding carboxylic acids is 1. The van der Waals surface area contributed by atoms with Gasteiger partial charge in [-0.2, -0.15) is 0 Å². The van der Waals surface area contributed by atoms with E-state index in [2.05, 4.69) is 39.8 Å². The smallest absolute Gasteiger partial charge is 0.256 e. The third-order valence-corrected chi connectivity index (χ3v) is 7.57. The molecular weight excluding hydrogens is 454 g/mol. The van der Waals surface area contributed by atoms with E-state index in [-0.39, 0.29) is 5.91 Å². The molecule has 1 atom stereocenters. The lowest BCUT2D eigenvalue weighted by atomic mass is 10.0. The summed E-state index contributed by atoms with van der Waals surface area (Å²) in [5.41, 5.74) is 4.20. The quantitative estimate of drug-likeness (QED) is 0.376. The van der Waals surface area contributed by atoms with Gasteiger partial charge >= 0.3 is 0 Å². The molecule has 0 saturated heterocycles. The van der Waals surface area contributed by atoms with Crippen LogP contribution in [0.5, 0.6) is 0 Å². The average Bonchev–Trinajstić information content (AvgIpc) is 3.45. The number of rotatable bonds is 4. The van der Waals surface area contributed by atoms with Crippen molar-refractivity contribution in [1.82, 2.24) is 10.2 Å². The maximum atomic E-state index is 13.1. The highest BCUT2D eigenvalue weighted by Crippen LogP contribution is 2.41. The van der Waals surface area contributed by atoms with Gasteiger partial charge in [0, 0.05) is 35.1 Å². The van der Waals surface area contributed by atoms with Gasteiger partial charge < -0.3 is 15.1 Å². The normalized spacial score (nSPS) is 17.7. The van der Waals surface area contributed by atoms with E-state index in [4.69, 9.17) is 16.0 Å². The van der Waals surface area contributed by atoms with Gasteiger partial charge in [0.2, 0.25) is 0 Å². The fourth-order valence-electron chi connectivity index (χ4n) is 4.59. The number of nitrogens with one attached hydrogen (secondary N) is 2. The Balaban J connectivity index is 1.22. The molecule has 7 heteroatoms. The van der Waals surface area contributed by atoms with Gasteiger partial charge in [-0.3, -0.25) is 9.69 Å². The van der Waals surface area contributed by atoms with Gasteiger partial charge in [-0.05, 0) is 41.8 Å². The minimum absolute atomic E-state index is 0.0385. The predicted molar refractivity (Wildman–Crippen MR) is 132 cm³/mol. The van der Waals surface area contributed by atoms with Gasteiger partial charge in [-0.1, -0.05) is 54.1 Å². The highest BCUT2D eigenvalue weighted by molar-refractivity contribution is 7.16. The maximum Gasteiger partial charge on any atom is 0.256 e. The molecule has 166 valence electrons. The van der Waals surface area contributed by atoms with Crippen molar-refractivity contribution in [3.8, 4) is 11.3 Å². The van der Waals surface area contributed by atoms with Gasteiger partial charge in [-0.25, -0.2) is 0 Å². The monoisotopic (exact) mass is 475 g/mol. The zero-order valence-electron chi connectivity index (χ0n) is 17.8. The van der Waals surface area contributed by atoms with E-state index in [0.717, 1.165) is 47.9 Å². The molecule has 2 aromatic heterocycles. The van der Waals surface area contributed by atoms with Crippen LogP contribution >= 0.6 is 22.9 Å². The molecule has 0 radical (unpaired) electrons. The minimum Gasteiger partial charge on any atom is -0.457 e. The number of furan rings is 1. The first-order valence-electron chi connectivity index (χ1n) is 11.0. The van der Waals surface area contributed by atoms with Gasteiger partial charge in [-0.15, -0.1) is 11.3 Å². The summed E-state index contributed by atoms with van der Waals surface area (Å²) in [4.78, 5) is 16.8. The summed E-state index contributed by atoms with van der Waals surface area (Å²) in [5, 5.41) is 8.15. The van der Waals surface area contributed by atoms with Crippen LogP contribution < -0.4 is 10.6 Å². The zero-order chi connectivity index (χ0) is 22.4. The van der Waals surface area contributed by atoms with Gasteiger partial charge in [0.1, 0.15) is 16.5 Å². The number of nitrogens with zero attached hydrogens (tertiary/aromatic N) is 1. The summed E-state index contributed by atoms with van der Waals surface area (Å²) >= 11 is 7.80. The molecule has 1 amide bonds. The van der Waals surface area contributed by atoms with Crippen LogP contribution in [0.2, 0.25) is 5.02 Å². The number of hydrogen-bond donors (Lipinski definition) is 2. The number of halogens is 1. The molecule has 2 aliphatic heterocycles. The molecule has 33 heavy (non-hydrogen) atoms. The number of hydrogen-bond acceptors (Lipinski definition) is 5. The summed E-state index contributed by atoms with van der Waals surface area (Å²) in [7, 11) is 0. The van der Waals surface area contributed by atoms with Gasteiger partial charge in [0.25, 0.3) is 5.91 Å². The molecule has 6 rings (SSSR count). The SMILES string of the molecule is O=C1NC(c2ccc(-c3cccc(Cl)c3)o2)Nc2sc3c(c21)CCN(Cc1ccccc1)C3. The zero-order valence-corrected chi connectivity index (χ0v) is 19.4. The Hall–Kier alpha value is -3.06. The first-order chi connectivity index (χ1) is 16.1. The van der Waals surface area contributed by atoms with Crippen LogP contribution in [-0.4, -0.2) is 17.4 Å². The molecule has 0 bridgehead atoms. The Morgan fingerprint density at radius 1 is 1.06 bits per heavy atom. The molecule has 2 aromatic carbocycles. The van der Waals surface area contributed by atoms with E-state index in [1.54, 1.807) is 11.3 Å². The topological polar surface area (TPSA) is 57.5 Å². The molecule has 4 heterocycles. The van der Waals surface area contributed by atoms with Gasteiger partial charge in [0.15, 0.2) is 6.17 Å². The van der Waals surface area contributed by atoms with E-state index < -0.39 is 6.17 Å². The Labute approximate surface area is 201 Å². The van der Waals surface area contributed by atoms with Crippen molar-refractivity contribution >= 4 is 33.8 Å². The molecule has 1 unspecified atom stereocenters. The molecule has 2 N–H and O–H groups in total. The standard InChI is InChI=1S/C26H22ClN3O2S/c27-18-8-4-7-17(13-18)20-9-10-21(32-20)24-28-25(31)23-19-11-12-30(14-16-5-2-1-3-6-16)15-22(19)33-26(23)29-24/h1-10,13,24,29H,11-12,14-15H2,(H,28,31). The Bertz CT molecular complexity index is 1330. The highest BCUT2D eigenvalue weighted by Gasteiger charge is 2.34. The van der Waals surface area contributed by atoms with Crippen molar-refractivity contribution in [2.24, 2.45) is 0 Å². The lowest BCUT2D eigenvalue weighted by Gasteiger charge is -2.28.